The van der Waals surface area contributed by atoms with E-state index in [4.69, 9.17) is 21.1 Å². The topological polar surface area (TPSA) is 35.5 Å². The first-order valence-corrected chi connectivity index (χ1v) is 6.56. The van der Waals surface area contributed by atoms with E-state index in [2.05, 4.69) is 0 Å². The number of halogens is 1. The summed E-state index contributed by atoms with van der Waals surface area (Å²) in [5.41, 5.74) is 2.12. The molecule has 3 nitrogen and oxygen atoms in total. The predicted molar refractivity (Wildman–Crippen MR) is 74.6 cm³/mol. The fourth-order valence-electron chi connectivity index (χ4n) is 2.55. The lowest BCUT2D eigenvalue weighted by Gasteiger charge is -2.30. The zero-order valence-corrected chi connectivity index (χ0v) is 11.1. The van der Waals surface area contributed by atoms with E-state index < -0.39 is 5.79 Å². The highest BCUT2D eigenvalue weighted by atomic mass is 35.5. The van der Waals surface area contributed by atoms with Crippen LogP contribution in [0.1, 0.15) is 21.5 Å². The molecule has 1 spiro atoms. The maximum Gasteiger partial charge on any atom is 0.342 e. The highest BCUT2D eigenvalue weighted by Crippen LogP contribution is 2.44. The van der Waals surface area contributed by atoms with Crippen LogP contribution in [0.25, 0.3) is 6.08 Å². The zero-order valence-electron chi connectivity index (χ0n) is 10.3. The van der Waals surface area contributed by atoms with Crippen LogP contribution >= 0.6 is 11.6 Å². The van der Waals surface area contributed by atoms with E-state index in [9.17, 15) is 4.79 Å². The third-order valence-electron chi connectivity index (χ3n) is 3.48. The van der Waals surface area contributed by atoms with Gasteiger partial charge in [0, 0.05) is 16.7 Å². The largest absolute Gasteiger partial charge is 0.444 e. The van der Waals surface area contributed by atoms with Gasteiger partial charge in [0.25, 0.3) is 0 Å². The monoisotopic (exact) mass is 284 g/mol. The Morgan fingerprint density at radius 2 is 1.90 bits per heavy atom. The van der Waals surface area contributed by atoms with Gasteiger partial charge in [-0.2, -0.15) is 0 Å². The van der Waals surface area contributed by atoms with Gasteiger partial charge in [-0.15, -0.1) is 0 Å². The molecule has 0 saturated carbocycles. The summed E-state index contributed by atoms with van der Waals surface area (Å²) in [6.07, 6.45) is 3.61. The van der Waals surface area contributed by atoms with E-state index in [1.54, 1.807) is 30.3 Å². The molecule has 2 aromatic carbocycles. The lowest BCUT2D eigenvalue weighted by Crippen LogP contribution is -2.32. The molecule has 2 aliphatic rings. The Balaban J connectivity index is 1.87. The van der Waals surface area contributed by atoms with E-state index in [0.29, 0.717) is 16.3 Å². The molecule has 4 rings (SSSR count). The molecule has 98 valence electrons. The van der Waals surface area contributed by atoms with Crippen LogP contribution in [-0.2, 0) is 10.5 Å². The Kier molecular flexibility index (Phi) is 2.24. The fraction of sp³-hybridized carbons (Fsp3) is 0.0625. The SMILES string of the molecule is O=C1OC2(C=Cc3cc(Cl)ccc3O2)c2ccccc21. The predicted octanol–water partition coefficient (Wildman–Crippen LogP) is 3.77. The molecule has 0 fully saturated rings. The molecule has 1 atom stereocenters. The van der Waals surface area contributed by atoms with Crippen molar-refractivity contribution in [2.75, 3.05) is 0 Å². The highest BCUT2D eigenvalue weighted by Gasteiger charge is 2.47. The molecule has 0 saturated heterocycles. The maximum atomic E-state index is 11.9. The Bertz CT molecular complexity index is 766. The molecule has 0 bridgehead atoms. The van der Waals surface area contributed by atoms with Crippen molar-refractivity contribution >= 4 is 23.6 Å². The first-order valence-electron chi connectivity index (χ1n) is 6.19. The Hall–Kier alpha value is -2.26. The minimum absolute atomic E-state index is 0.373. The van der Waals surface area contributed by atoms with Crippen LogP contribution in [0, 0.1) is 0 Å². The second kappa shape index (κ2) is 3.87. The third kappa shape index (κ3) is 1.50. The molecule has 2 aromatic rings. The van der Waals surface area contributed by atoms with Gasteiger partial charge in [-0.05, 0) is 36.4 Å². The van der Waals surface area contributed by atoms with Gasteiger partial charge in [0.05, 0.1) is 11.1 Å². The average molecular weight is 285 g/mol. The van der Waals surface area contributed by atoms with E-state index in [0.717, 1.165) is 11.1 Å². The van der Waals surface area contributed by atoms with E-state index in [1.807, 2.05) is 24.3 Å². The maximum absolute atomic E-state index is 11.9. The summed E-state index contributed by atoms with van der Waals surface area (Å²) in [6.45, 7) is 0. The smallest absolute Gasteiger partial charge is 0.342 e. The molecule has 2 aliphatic heterocycles. The second-order valence-corrected chi connectivity index (χ2v) is 5.16. The first kappa shape index (κ1) is 11.6. The minimum Gasteiger partial charge on any atom is -0.444 e. The summed E-state index contributed by atoms with van der Waals surface area (Å²) in [7, 11) is 0. The van der Waals surface area contributed by atoms with Crippen LogP contribution in [0.4, 0.5) is 0 Å². The van der Waals surface area contributed by atoms with Gasteiger partial charge in [0.15, 0.2) is 0 Å². The zero-order chi connectivity index (χ0) is 13.7. The molecule has 0 aromatic heterocycles. The highest BCUT2D eigenvalue weighted by molar-refractivity contribution is 6.30. The number of carbonyl (C=O) groups excluding carboxylic acids is 1. The minimum atomic E-state index is -1.16. The van der Waals surface area contributed by atoms with Gasteiger partial charge < -0.3 is 9.47 Å². The summed E-state index contributed by atoms with van der Waals surface area (Å²) in [4.78, 5) is 11.9. The van der Waals surface area contributed by atoms with Crippen LogP contribution < -0.4 is 4.74 Å². The summed E-state index contributed by atoms with van der Waals surface area (Å²) >= 11 is 5.96. The Morgan fingerprint density at radius 1 is 1.05 bits per heavy atom. The van der Waals surface area contributed by atoms with E-state index in [-0.39, 0.29) is 5.97 Å². The van der Waals surface area contributed by atoms with Crippen molar-refractivity contribution in [1.82, 2.24) is 0 Å². The quantitative estimate of drug-likeness (QED) is 0.691. The standard InChI is InChI=1S/C16H9ClO3/c17-11-5-6-14-10(9-11)7-8-16(19-14)13-4-2-1-3-12(13)15(18)20-16/h1-9H. The van der Waals surface area contributed by atoms with Gasteiger partial charge in [0.1, 0.15) is 5.75 Å². The molecular formula is C16H9ClO3. The van der Waals surface area contributed by atoms with Crippen LogP contribution in [0.5, 0.6) is 5.75 Å². The molecule has 0 N–H and O–H groups in total. The lowest BCUT2D eigenvalue weighted by molar-refractivity contribution is -0.103. The number of benzene rings is 2. The van der Waals surface area contributed by atoms with Crippen molar-refractivity contribution in [3.63, 3.8) is 0 Å². The van der Waals surface area contributed by atoms with Gasteiger partial charge >= 0.3 is 11.8 Å². The van der Waals surface area contributed by atoms with Crippen LogP contribution in [-0.4, -0.2) is 5.97 Å². The fourth-order valence-corrected chi connectivity index (χ4v) is 2.73. The molecule has 1 unspecified atom stereocenters. The normalized spacial score (nSPS) is 22.1. The lowest BCUT2D eigenvalue weighted by atomic mass is 9.99. The molecule has 0 amide bonds. The molecule has 0 radical (unpaired) electrons. The molecule has 2 heterocycles. The van der Waals surface area contributed by atoms with E-state index in [1.165, 1.54) is 0 Å². The van der Waals surface area contributed by atoms with Crippen molar-refractivity contribution in [3.05, 3.63) is 70.3 Å². The van der Waals surface area contributed by atoms with Crippen molar-refractivity contribution in [3.8, 4) is 5.75 Å². The molecular weight excluding hydrogens is 276 g/mol. The van der Waals surface area contributed by atoms with Crippen molar-refractivity contribution in [2.24, 2.45) is 0 Å². The third-order valence-corrected chi connectivity index (χ3v) is 3.72. The Labute approximate surface area is 120 Å². The summed E-state index contributed by atoms with van der Waals surface area (Å²) in [6, 6.07) is 12.6. The van der Waals surface area contributed by atoms with Gasteiger partial charge in [-0.25, -0.2) is 4.79 Å². The van der Waals surface area contributed by atoms with Crippen molar-refractivity contribution in [2.45, 2.75) is 5.79 Å². The number of hydrogen-bond acceptors (Lipinski definition) is 3. The molecule has 4 heteroatoms. The average Bonchev–Trinajstić information content (AvgIpc) is 2.73. The van der Waals surface area contributed by atoms with Crippen LogP contribution in [0.2, 0.25) is 5.02 Å². The first-order chi connectivity index (χ1) is 9.68. The van der Waals surface area contributed by atoms with Crippen LogP contribution in [0.15, 0.2) is 48.5 Å². The second-order valence-electron chi connectivity index (χ2n) is 4.72. The number of carbonyl (C=O) groups is 1. The summed E-state index contributed by atoms with van der Waals surface area (Å²) < 4.78 is 11.4. The Morgan fingerprint density at radius 3 is 2.80 bits per heavy atom. The summed E-state index contributed by atoms with van der Waals surface area (Å²) in [5.74, 6) is -0.891. The molecule has 0 aliphatic carbocycles. The van der Waals surface area contributed by atoms with Gasteiger partial charge in [-0.1, -0.05) is 23.7 Å². The van der Waals surface area contributed by atoms with Crippen molar-refractivity contribution < 1.29 is 14.3 Å². The van der Waals surface area contributed by atoms with Gasteiger partial charge in [0.2, 0.25) is 0 Å². The number of esters is 1. The number of hydrogen-bond donors (Lipinski definition) is 0. The molecule has 20 heavy (non-hydrogen) atoms. The van der Waals surface area contributed by atoms with Crippen molar-refractivity contribution in [1.29, 1.82) is 0 Å². The van der Waals surface area contributed by atoms with E-state index >= 15 is 0 Å². The summed E-state index contributed by atoms with van der Waals surface area (Å²) in [5, 5.41) is 0.636. The number of ether oxygens (including phenoxy) is 2. The number of rotatable bonds is 0. The van der Waals surface area contributed by atoms with Gasteiger partial charge in [-0.3, -0.25) is 0 Å². The van der Waals surface area contributed by atoms with Crippen LogP contribution in [0.3, 0.4) is 0 Å². The number of fused-ring (bicyclic) bond motifs is 3.